The fraction of sp³-hybridized carbons (Fsp3) is 0.333. The van der Waals surface area contributed by atoms with Crippen molar-refractivity contribution in [1.82, 2.24) is 54.2 Å². The number of pyridine rings is 3. The fourth-order valence-corrected chi connectivity index (χ4v) is 22.6. The number of carbonyl (C=O) groups is 2. The molecular weight excluding hydrogens is 1850 g/mol. The number of hydrogen-bond acceptors (Lipinski definition) is 17. The number of rotatable bonds is 14. The third kappa shape index (κ3) is 17.7. The van der Waals surface area contributed by atoms with E-state index in [1.54, 1.807) is 0 Å². The number of carbonyl (C=O) groups excluding carboxylic acids is 2. The number of benzene rings is 9. The quantitative estimate of drug-likeness (QED) is 0.0498. The van der Waals surface area contributed by atoms with Gasteiger partial charge in [0.15, 0.2) is 17.5 Å². The number of nitrogens with zero attached hydrogens (tertiary/aromatic N) is 9. The minimum Gasteiger partial charge on any atom is -0.444 e. The molecule has 144 heavy (non-hydrogen) atoms. The number of para-hydroxylation sites is 3. The fourth-order valence-electron chi connectivity index (χ4n) is 22.0. The highest BCUT2D eigenvalue weighted by molar-refractivity contribution is 9.10. The van der Waals surface area contributed by atoms with Crippen LogP contribution >= 0.6 is 15.9 Å². The van der Waals surface area contributed by atoms with E-state index in [4.69, 9.17) is 55.2 Å². The predicted octanol–water partition coefficient (Wildman–Crippen LogP) is 27.4. The highest BCUT2D eigenvalue weighted by Gasteiger charge is 2.53. The average molecular weight is 1980 g/mol. The maximum Gasteiger partial charge on any atom is 0.494 e. The minimum atomic E-state index is -0.551. The van der Waals surface area contributed by atoms with Crippen LogP contribution in [0.2, 0.25) is 0 Å². The van der Waals surface area contributed by atoms with Gasteiger partial charge in [-0.05, 0) is 310 Å². The van der Waals surface area contributed by atoms with Gasteiger partial charge in [-0.15, -0.1) is 0 Å². The van der Waals surface area contributed by atoms with E-state index in [9.17, 15) is 9.59 Å². The number of aromatic nitrogens is 9. The van der Waals surface area contributed by atoms with E-state index in [1.807, 2.05) is 115 Å². The molecule has 2 amide bonds. The number of hydrogen-bond donors (Lipinski definition) is 7. The molecule has 7 fully saturated rings. The summed E-state index contributed by atoms with van der Waals surface area (Å²) >= 11 is 3.75. The van der Waals surface area contributed by atoms with Crippen molar-refractivity contribution in [1.29, 1.82) is 0 Å². The van der Waals surface area contributed by atoms with Crippen molar-refractivity contribution in [3.8, 4) is 108 Å². The third-order valence-electron chi connectivity index (χ3n) is 32.1. The molecule has 0 spiro atoms. The largest absolute Gasteiger partial charge is 0.494 e. The van der Waals surface area contributed by atoms with Gasteiger partial charge in [-0.2, -0.15) is 0 Å². The zero-order chi connectivity index (χ0) is 99.7. The van der Waals surface area contributed by atoms with E-state index in [0.717, 1.165) is 227 Å². The lowest BCUT2D eigenvalue weighted by atomic mass is 9.66. The van der Waals surface area contributed by atoms with Gasteiger partial charge in [-0.1, -0.05) is 209 Å². The van der Waals surface area contributed by atoms with Crippen LogP contribution in [-0.2, 0) is 51.8 Å². The molecule has 0 unspecified atom stereocenters. The van der Waals surface area contributed by atoms with Crippen LogP contribution in [0.4, 0.5) is 44.1 Å². The van der Waals surface area contributed by atoms with E-state index < -0.39 is 16.7 Å². The van der Waals surface area contributed by atoms with Crippen LogP contribution in [0.25, 0.3) is 108 Å². The molecule has 1 saturated heterocycles. The smallest absolute Gasteiger partial charge is 0.444 e. The zero-order valence-electron chi connectivity index (χ0n) is 84.3. The van der Waals surface area contributed by atoms with Gasteiger partial charge in [0, 0.05) is 74.2 Å². The Morgan fingerprint density at radius 1 is 0.361 bits per heavy atom. The number of fused-ring (bicyclic) bond motifs is 15. The summed E-state index contributed by atoms with van der Waals surface area (Å²) in [7, 11) is -0.375. The molecule has 6 saturated carbocycles. The SMILES string of the molecule is CC(C)(C)OC(=O)NC1(c2ccc(-c3nc4n(c3-c3ccc(C5(C)CCC5)cc3)-c3cccnc3Nc3ccccc3-4)cc2)CCC1.CC(C)(C)OC(=O)NC1(c2ccc(B3OC(C)(C)C(C)(C)O3)cc2)CCC1.CC1(c2ccc(-c3c(Br)nc4n3-c3cccnc3Nc3ccccc3-4)cc2)CCC1.NC1(c2ccc(-c3nc4n(c3-c3ccc(C5(N)CCC5)cc3)-c3cccnc3Nc3ccccc3-4)cc2)CCC1. The number of halogens is 1. The molecule has 9 N–H and O–H groups in total. The van der Waals surface area contributed by atoms with Crippen molar-refractivity contribution in [2.24, 2.45) is 11.5 Å². The van der Waals surface area contributed by atoms with E-state index in [1.165, 1.54) is 73.6 Å². The average Bonchev–Trinajstić information content (AvgIpc) is 1.57. The number of imidazole rings is 3. The van der Waals surface area contributed by atoms with Gasteiger partial charge in [-0.3, -0.25) is 13.7 Å². The lowest BCUT2D eigenvalue weighted by molar-refractivity contribution is 0.00578. The molecule has 0 radical (unpaired) electrons. The molecule has 24 heteroatoms. The second kappa shape index (κ2) is 36.6. The molecule has 25 rings (SSSR count). The Morgan fingerprint density at radius 2 is 0.660 bits per heavy atom. The van der Waals surface area contributed by atoms with Crippen LogP contribution in [-0.4, -0.2) is 85.3 Å². The van der Waals surface area contributed by atoms with Crippen molar-refractivity contribution in [3.63, 3.8) is 0 Å². The summed E-state index contributed by atoms with van der Waals surface area (Å²) in [5.74, 6) is 5.08. The molecule has 22 nitrogen and oxygen atoms in total. The van der Waals surface area contributed by atoms with Crippen molar-refractivity contribution in [2.75, 3.05) is 16.0 Å². The second-order valence-electron chi connectivity index (χ2n) is 44.5. The number of alkyl carbamates (subject to hydrolysis) is 2. The first-order chi connectivity index (χ1) is 69.1. The van der Waals surface area contributed by atoms with Gasteiger partial charge < -0.3 is 56.8 Å². The molecule has 9 aromatic carbocycles. The van der Waals surface area contributed by atoms with Gasteiger partial charge in [0.2, 0.25) is 0 Å². The molecule has 15 aromatic rings. The van der Waals surface area contributed by atoms with Crippen LogP contribution in [0.5, 0.6) is 0 Å². The molecular formula is C120H126BBrN16O6. The second-order valence-corrected chi connectivity index (χ2v) is 45.3. The molecule has 10 aliphatic rings. The van der Waals surface area contributed by atoms with Crippen LogP contribution in [0.15, 0.2) is 278 Å². The van der Waals surface area contributed by atoms with Gasteiger partial charge in [-0.25, -0.2) is 39.5 Å². The molecule has 10 heterocycles. The first kappa shape index (κ1) is 95.2. The van der Waals surface area contributed by atoms with E-state index in [2.05, 4.69) is 303 Å². The van der Waals surface area contributed by atoms with Crippen molar-refractivity contribution in [2.45, 2.75) is 254 Å². The Labute approximate surface area is 852 Å². The third-order valence-corrected chi connectivity index (χ3v) is 32.7. The lowest BCUT2D eigenvalue weighted by Crippen LogP contribution is -2.52. The molecule has 6 aliphatic carbocycles. The molecule has 0 bridgehead atoms. The summed E-state index contributed by atoms with van der Waals surface area (Å²) in [5.41, 5.74) is 38.8. The van der Waals surface area contributed by atoms with Gasteiger partial charge >= 0.3 is 19.3 Å². The maximum absolute atomic E-state index is 12.8. The molecule has 0 atom stereocenters. The molecule has 732 valence electrons. The summed E-state index contributed by atoms with van der Waals surface area (Å²) < 4.78 is 30.9. The first-order valence-corrected chi connectivity index (χ1v) is 52.0. The minimum absolute atomic E-state index is 0.197. The Morgan fingerprint density at radius 3 is 0.979 bits per heavy atom. The normalized spacial score (nSPS) is 18.1. The van der Waals surface area contributed by atoms with E-state index >= 15 is 0 Å². The zero-order valence-corrected chi connectivity index (χ0v) is 85.9. The standard InChI is InChI=1S/C40H41N5O2.C34H32N6.C25H21BrN4.C21H32BNO4/c1-38(2,3)47-37(46)44-40(23-9-24-40)29-19-13-26(14-20-29)33-34(27-15-17-28(18-16-27)39(4)21-8-22-39)45-32-12-7-25-41-35(32)42-31-11-6-5-10-30(31)36(45)43-33;35-33(17-4-18-33)24-13-9-22(10-14-24)29-30(23-11-15-25(16-12-23)34(36)19-5-20-34)40-28-8-3-21-37-31(28)38-27-7-2-1-6-26(27)32(40)39-29;1-25(13-5-14-25)17-11-9-16(10-12-17)21-22(26)29-24-18-6-2-3-7-19(18)28-23-20(30(21)24)8-4-15-27-23;1-18(2,3)25-17(24)23-21(13-8-14-21)15-9-11-16(12-10-15)22-26-19(4,5)20(6,7)27-22/h5-7,10-20,25H,8-9,21-24H2,1-4H3,(H,41,42)(H,44,46);1-3,6-16,21H,4-5,17-20,35-36H2,(H,37,38);2-4,6-12,15H,5,13-14H2,1H3,(H,27,28);9-12H,8,13-14H2,1-7H3,(H,23,24). The number of anilines is 6. The van der Waals surface area contributed by atoms with Gasteiger partial charge in [0.25, 0.3) is 0 Å². The maximum atomic E-state index is 12.8. The lowest BCUT2D eigenvalue weighted by Gasteiger charge is -2.43. The number of nitrogens with two attached hydrogens (primary N) is 2. The summed E-state index contributed by atoms with van der Waals surface area (Å²) in [4.78, 5) is 54.9. The van der Waals surface area contributed by atoms with E-state index in [0.29, 0.717) is 5.41 Å². The van der Waals surface area contributed by atoms with Crippen molar-refractivity contribution >= 4 is 75.2 Å². The monoisotopic (exact) mass is 1980 g/mol. The highest BCUT2D eigenvalue weighted by Crippen LogP contribution is 2.54. The van der Waals surface area contributed by atoms with Gasteiger partial charge in [0.05, 0.1) is 84.9 Å². The van der Waals surface area contributed by atoms with Crippen LogP contribution < -0.4 is 43.5 Å². The molecule has 6 aromatic heterocycles. The molecule has 4 aliphatic heterocycles. The van der Waals surface area contributed by atoms with Crippen molar-refractivity contribution < 1.29 is 28.4 Å². The number of amides is 2. The van der Waals surface area contributed by atoms with E-state index in [-0.39, 0.29) is 52.5 Å². The topological polar surface area (TPSA) is 275 Å². The Balaban J connectivity index is 0.000000112. The Hall–Kier alpha value is -13.6. The Kier molecular flexibility index (Phi) is 24.2. The van der Waals surface area contributed by atoms with Crippen LogP contribution in [0.3, 0.4) is 0 Å². The summed E-state index contributed by atoms with van der Waals surface area (Å²) in [5, 5.41) is 16.9. The highest BCUT2D eigenvalue weighted by atomic mass is 79.9. The van der Waals surface area contributed by atoms with Crippen LogP contribution in [0.1, 0.15) is 232 Å². The summed E-state index contributed by atoms with van der Waals surface area (Å²) in [6, 6.07) is 89.6. The van der Waals surface area contributed by atoms with Crippen molar-refractivity contribution in [3.05, 3.63) is 311 Å². The number of ether oxygens (including phenoxy) is 2. The summed E-state index contributed by atoms with van der Waals surface area (Å²) in [6.45, 7) is 24.3. The van der Waals surface area contributed by atoms with Crippen LogP contribution in [0, 0.1) is 0 Å². The predicted molar refractivity (Wildman–Crippen MR) is 579 cm³/mol. The Bertz CT molecular complexity index is 7380. The first-order valence-electron chi connectivity index (χ1n) is 51.2. The van der Waals surface area contributed by atoms with Gasteiger partial charge in [0.1, 0.15) is 33.3 Å². The number of nitrogens with one attached hydrogen (secondary N) is 5. The summed E-state index contributed by atoms with van der Waals surface area (Å²) in [6.07, 6.45) is 24.7.